The summed E-state index contributed by atoms with van der Waals surface area (Å²) < 4.78 is 16.5. The summed E-state index contributed by atoms with van der Waals surface area (Å²) in [5.41, 5.74) is 4.80. The minimum absolute atomic E-state index is 0.223. The van der Waals surface area contributed by atoms with E-state index in [4.69, 9.17) is 19.2 Å². The minimum Gasteiger partial charge on any atom is -0.454 e. The lowest BCUT2D eigenvalue weighted by Gasteiger charge is -2.16. The molecule has 1 atom stereocenters. The van der Waals surface area contributed by atoms with Gasteiger partial charge in [0.2, 0.25) is 6.79 Å². The van der Waals surface area contributed by atoms with Gasteiger partial charge in [-0.1, -0.05) is 30.3 Å². The quantitative estimate of drug-likeness (QED) is 0.440. The van der Waals surface area contributed by atoms with Gasteiger partial charge in [0.05, 0.1) is 16.8 Å². The molecule has 2 aromatic carbocycles. The van der Waals surface area contributed by atoms with E-state index in [1.807, 2.05) is 42.5 Å². The average molecular weight is 456 g/mol. The Kier molecular flexibility index (Phi) is 5.76. The van der Waals surface area contributed by atoms with Crippen molar-refractivity contribution in [1.29, 1.82) is 0 Å². The highest BCUT2D eigenvalue weighted by Gasteiger charge is 2.29. The van der Waals surface area contributed by atoms with Crippen molar-refractivity contribution < 1.29 is 23.8 Å². The summed E-state index contributed by atoms with van der Waals surface area (Å²) in [6, 6.07) is 13.3. The van der Waals surface area contributed by atoms with Crippen molar-refractivity contribution in [3.05, 3.63) is 77.5 Å². The van der Waals surface area contributed by atoms with Crippen LogP contribution in [-0.2, 0) is 16.0 Å². The highest BCUT2D eigenvalue weighted by molar-refractivity contribution is 6.07. The van der Waals surface area contributed by atoms with Crippen LogP contribution in [0.3, 0.4) is 0 Å². The van der Waals surface area contributed by atoms with Gasteiger partial charge in [-0.25, -0.2) is 9.78 Å². The van der Waals surface area contributed by atoms with E-state index in [1.165, 1.54) is 0 Å². The van der Waals surface area contributed by atoms with Crippen molar-refractivity contribution in [3.63, 3.8) is 0 Å². The molecule has 1 unspecified atom stereocenters. The number of hydrogen-bond donors (Lipinski definition) is 1. The molecular formula is C27H24N2O5. The highest BCUT2D eigenvalue weighted by Crippen LogP contribution is 2.39. The summed E-state index contributed by atoms with van der Waals surface area (Å²) in [4.78, 5) is 30.4. The van der Waals surface area contributed by atoms with Gasteiger partial charge in [0.15, 0.2) is 17.6 Å². The SMILES string of the molecule is C=CCNC(=O)C(C)OC(=O)c1c2c(nc3ccccc13)/C(=C/c1ccc3c(c1)OCO3)CC2. The molecule has 7 heteroatoms. The van der Waals surface area contributed by atoms with Crippen molar-refractivity contribution in [3.8, 4) is 11.5 Å². The molecule has 2 heterocycles. The van der Waals surface area contributed by atoms with E-state index in [0.717, 1.165) is 34.6 Å². The second-order valence-corrected chi connectivity index (χ2v) is 8.19. The number of benzene rings is 2. The van der Waals surface area contributed by atoms with Crippen molar-refractivity contribution in [1.82, 2.24) is 10.3 Å². The van der Waals surface area contributed by atoms with Crippen LogP contribution in [0.4, 0.5) is 0 Å². The third-order valence-corrected chi connectivity index (χ3v) is 5.96. The predicted octanol–water partition coefficient (Wildman–Crippen LogP) is 4.30. The molecule has 34 heavy (non-hydrogen) atoms. The van der Waals surface area contributed by atoms with Gasteiger partial charge in [-0.15, -0.1) is 6.58 Å². The molecule has 2 aliphatic rings. The molecule has 0 saturated heterocycles. The number of hydrogen-bond acceptors (Lipinski definition) is 6. The number of amides is 1. The molecule has 3 aromatic rings. The molecule has 1 amide bonds. The molecule has 0 fully saturated rings. The Labute approximate surface area is 197 Å². The first-order valence-corrected chi connectivity index (χ1v) is 11.2. The second-order valence-electron chi connectivity index (χ2n) is 8.19. The first kappa shape index (κ1) is 21.7. The Hall–Kier alpha value is -4.13. The summed E-state index contributed by atoms with van der Waals surface area (Å²) >= 11 is 0. The summed E-state index contributed by atoms with van der Waals surface area (Å²) in [7, 11) is 0. The van der Waals surface area contributed by atoms with Crippen LogP contribution in [-0.4, -0.2) is 36.3 Å². The van der Waals surface area contributed by atoms with Crippen molar-refractivity contribution in [2.45, 2.75) is 25.9 Å². The Bertz CT molecular complexity index is 1340. The van der Waals surface area contributed by atoms with E-state index in [-0.39, 0.29) is 12.7 Å². The number of carbonyl (C=O) groups excluding carboxylic acids is 2. The van der Waals surface area contributed by atoms with Crippen LogP contribution in [0.15, 0.2) is 55.1 Å². The van der Waals surface area contributed by atoms with Crippen LogP contribution >= 0.6 is 0 Å². The summed E-state index contributed by atoms with van der Waals surface area (Å²) in [5.74, 6) is 0.550. The number of esters is 1. The monoisotopic (exact) mass is 456 g/mol. The van der Waals surface area contributed by atoms with Gasteiger partial charge in [-0.2, -0.15) is 0 Å². The van der Waals surface area contributed by atoms with Crippen LogP contribution in [0, 0.1) is 0 Å². The zero-order valence-corrected chi connectivity index (χ0v) is 18.8. The number of pyridine rings is 1. The van der Waals surface area contributed by atoms with E-state index in [2.05, 4.69) is 18.0 Å². The van der Waals surface area contributed by atoms with Crippen LogP contribution in [0.1, 0.15) is 40.5 Å². The van der Waals surface area contributed by atoms with Gasteiger partial charge in [0, 0.05) is 11.9 Å². The lowest BCUT2D eigenvalue weighted by atomic mass is 10.0. The zero-order valence-electron chi connectivity index (χ0n) is 18.8. The van der Waals surface area contributed by atoms with Gasteiger partial charge in [0.25, 0.3) is 5.91 Å². The molecule has 7 nitrogen and oxygen atoms in total. The van der Waals surface area contributed by atoms with Crippen LogP contribution in [0.2, 0.25) is 0 Å². The number of rotatable bonds is 6. The lowest BCUT2D eigenvalue weighted by molar-refractivity contribution is -0.128. The van der Waals surface area contributed by atoms with Crippen molar-refractivity contribution in [2.24, 2.45) is 0 Å². The van der Waals surface area contributed by atoms with Crippen LogP contribution in [0.25, 0.3) is 22.6 Å². The number of nitrogens with one attached hydrogen (secondary N) is 1. The van der Waals surface area contributed by atoms with Gasteiger partial charge < -0.3 is 19.5 Å². The number of fused-ring (bicyclic) bond motifs is 3. The third kappa shape index (κ3) is 4.01. The molecule has 0 saturated carbocycles. The maximum atomic E-state index is 13.3. The number of para-hydroxylation sites is 1. The van der Waals surface area contributed by atoms with Crippen LogP contribution in [0.5, 0.6) is 11.5 Å². The number of allylic oxidation sites excluding steroid dienone is 1. The molecule has 172 valence electrons. The maximum Gasteiger partial charge on any atom is 0.339 e. The molecule has 0 radical (unpaired) electrons. The van der Waals surface area contributed by atoms with Gasteiger partial charge >= 0.3 is 5.97 Å². The fourth-order valence-corrected chi connectivity index (χ4v) is 4.31. The first-order chi connectivity index (χ1) is 16.5. The smallest absolute Gasteiger partial charge is 0.339 e. The van der Waals surface area contributed by atoms with Crippen LogP contribution < -0.4 is 14.8 Å². The molecule has 1 N–H and O–H groups in total. The highest BCUT2D eigenvalue weighted by atomic mass is 16.7. The molecule has 1 aliphatic carbocycles. The molecule has 5 rings (SSSR count). The predicted molar refractivity (Wildman–Crippen MR) is 129 cm³/mol. The number of carbonyl (C=O) groups is 2. The Morgan fingerprint density at radius 1 is 1.18 bits per heavy atom. The van der Waals surface area contributed by atoms with Gasteiger partial charge in [0.1, 0.15) is 0 Å². The first-order valence-electron chi connectivity index (χ1n) is 11.2. The zero-order chi connectivity index (χ0) is 23.7. The van der Waals surface area contributed by atoms with Gasteiger partial charge in [-0.05, 0) is 60.7 Å². The molecular weight excluding hydrogens is 432 g/mol. The van der Waals surface area contributed by atoms with Gasteiger partial charge in [-0.3, -0.25) is 4.79 Å². The topological polar surface area (TPSA) is 86.8 Å². The normalized spacial score (nSPS) is 15.7. The average Bonchev–Trinajstić information content (AvgIpc) is 3.47. The van der Waals surface area contributed by atoms with E-state index >= 15 is 0 Å². The fraction of sp³-hybridized carbons (Fsp3) is 0.222. The Morgan fingerprint density at radius 2 is 2.00 bits per heavy atom. The summed E-state index contributed by atoms with van der Waals surface area (Å²) in [6.07, 6.45) is 4.10. The van der Waals surface area contributed by atoms with E-state index in [9.17, 15) is 9.59 Å². The Morgan fingerprint density at radius 3 is 2.85 bits per heavy atom. The lowest BCUT2D eigenvalue weighted by Crippen LogP contribution is -2.36. The van der Waals surface area contributed by atoms with Crippen molar-refractivity contribution >= 4 is 34.4 Å². The summed E-state index contributed by atoms with van der Waals surface area (Å²) in [6.45, 7) is 5.67. The van der Waals surface area contributed by atoms with Crippen molar-refractivity contribution in [2.75, 3.05) is 13.3 Å². The molecule has 0 spiro atoms. The molecule has 1 aromatic heterocycles. The van der Waals surface area contributed by atoms with E-state index in [1.54, 1.807) is 13.0 Å². The Balaban J connectivity index is 1.52. The number of aromatic nitrogens is 1. The standard InChI is InChI=1S/C27H24N2O5/c1-3-12-28-26(30)16(2)34-27(31)24-19-6-4-5-7-21(19)29-25-18(9-10-20(24)25)13-17-8-11-22-23(14-17)33-15-32-22/h3-8,11,13-14,16H,1,9-10,12,15H2,2H3,(H,28,30)/b18-13+. The third-order valence-electron chi connectivity index (χ3n) is 5.96. The maximum absolute atomic E-state index is 13.3. The molecule has 1 aliphatic heterocycles. The fourth-order valence-electron chi connectivity index (χ4n) is 4.31. The van der Waals surface area contributed by atoms with E-state index in [0.29, 0.717) is 35.2 Å². The number of nitrogens with zero attached hydrogens (tertiary/aromatic N) is 1. The largest absolute Gasteiger partial charge is 0.454 e. The minimum atomic E-state index is -0.930. The van der Waals surface area contributed by atoms with E-state index < -0.39 is 12.1 Å². The molecule has 0 bridgehead atoms. The number of ether oxygens (including phenoxy) is 3. The summed E-state index contributed by atoms with van der Waals surface area (Å²) in [5, 5.41) is 3.37. The second kappa shape index (κ2) is 9.02.